The summed E-state index contributed by atoms with van der Waals surface area (Å²) >= 11 is 0. The van der Waals surface area contributed by atoms with Crippen molar-refractivity contribution in [2.24, 2.45) is 5.92 Å². The van der Waals surface area contributed by atoms with E-state index in [4.69, 9.17) is 0 Å². The molecular formula is C15H18F3NO3. The van der Waals surface area contributed by atoms with E-state index in [2.05, 4.69) is 5.32 Å². The highest BCUT2D eigenvalue weighted by Gasteiger charge is 2.51. The third-order valence-corrected chi connectivity index (χ3v) is 3.86. The zero-order valence-electron chi connectivity index (χ0n) is 12.2. The number of benzene rings is 1. The lowest BCUT2D eigenvalue weighted by molar-refractivity contribution is -0.223. The van der Waals surface area contributed by atoms with Crippen LogP contribution in [0.3, 0.4) is 0 Å². The van der Waals surface area contributed by atoms with Crippen molar-refractivity contribution in [1.29, 1.82) is 0 Å². The average molecular weight is 317 g/mol. The van der Waals surface area contributed by atoms with Crippen LogP contribution in [0.4, 0.5) is 13.2 Å². The average Bonchev–Trinajstić information content (AvgIpc) is 3.16. The van der Waals surface area contributed by atoms with Crippen molar-refractivity contribution in [2.75, 3.05) is 0 Å². The molecule has 0 radical (unpaired) electrons. The molecule has 1 aliphatic rings. The van der Waals surface area contributed by atoms with Crippen LogP contribution in [0.5, 0.6) is 5.75 Å². The van der Waals surface area contributed by atoms with Crippen LogP contribution in [0, 0.1) is 5.92 Å². The smallest absolute Gasteiger partial charge is 0.416 e. The van der Waals surface area contributed by atoms with E-state index < -0.39 is 29.6 Å². The van der Waals surface area contributed by atoms with Gasteiger partial charge in [-0.1, -0.05) is 12.1 Å². The number of rotatable bonds is 4. The number of phenols is 1. The number of hydrogen-bond acceptors (Lipinski definition) is 3. The second kappa shape index (κ2) is 5.46. The Morgan fingerprint density at radius 3 is 2.55 bits per heavy atom. The number of alkyl halides is 3. The molecule has 1 amide bonds. The van der Waals surface area contributed by atoms with Crippen molar-refractivity contribution in [1.82, 2.24) is 5.32 Å². The van der Waals surface area contributed by atoms with Gasteiger partial charge < -0.3 is 15.5 Å². The first-order valence-corrected chi connectivity index (χ1v) is 6.88. The van der Waals surface area contributed by atoms with Gasteiger partial charge >= 0.3 is 6.18 Å². The summed E-state index contributed by atoms with van der Waals surface area (Å²) in [4.78, 5) is 12.1. The Hall–Kier alpha value is -1.76. The van der Waals surface area contributed by atoms with Crippen LogP contribution < -0.4 is 5.32 Å². The van der Waals surface area contributed by atoms with Crippen LogP contribution in [0.15, 0.2) is 24.3 Å². The molecule has 22 heavy (non-hydrogen) atoms. The molecule has 0 aromatic heterocycles. The summed E-state index contributed by atoms with van der Waals surface area (Å²) in [5, 5.41) is 21.0. The second-order valence-corrected chi connectivity index (χ2v) is 6.20. The number of halogens is 3. The maximum absolute atomic E-state index is 12.6. The quantitative estimate of drug-likeness (QED) is 0.798. The first-order chi connectivity index (χ1) is 10.0. The van der Waals surface area contributed by atoms with Gasteiger partial charge in [-0.2, -0.15) is 13.2 Å². The van der Waals surface area contributed by atoms with E-state index in [1.807, 2.05) is 0 Å². The maximum atomic E-state index is 12.6. The molecule has 2 rings (SSSR count). The van der Waals surface area contributed by atoms with Crippen molar-refractivity contribution >= 4 is 5.91 Å². The van der Waals surface area contributed by atoms with Crippen LogP contribution in [-0.4, -0.2) is 33.9 Å². The molecule has 1 saturated carbocycles. The molecule has 4 nitrogen and oxygen atoms in total. The van der Waals surface area contributed by atoms with E-state index in [-0.39, 0.29) is 11.7 Å². The van der Waals surface area contributed by atoms with Crippen LogP contribution in [0.2, 0.25) is 0 Å². The topological polar surface area (TPSA) is 69.6 Å². The molecule has 1 aliphatic carbocycles. The molecule has 1 aromatic carbocycles. The lowest BCUT2D eigenvalue weighted by Crippen LogP contribution is -2.58. The van der Waals surface area contributed by atoms with Crippen LogP contribution in [-0.2, 0) is 4.79 Å². The monoisotopic (exact) mass is 317 g/mol. The number of hydrogen-bond donors (Lipinski definition) is 3. The van der Waals surface area contributed by atoms with Gasteiger partial charge in [0.05, 0.1) is 5.54 Å². The lowest BCUT2D eigenvalue weighted by Gasteiger charge is -2.32. The molecular weight excluding hydrogens is 299 g/mol. The Kier molecular flexibility index (Phi) is 4.12. The fourth-order valence-electron chi connectivity index (χ4n) is 2.50. The highest BCUT2D eigenvalue weighted by atomic mass is 19.4. The molecule has 0 aliphatic heterocycles. The van der Waals surface area contributed by atoms with Crippen molar-refractivity contribution in [3.63, 3.8) is 0 Å². The van der Waals surface area contributed by atoms with Crippen molar-refractivity contribution in [3.05, 3.63) is 29.8 Å². The Morgan fingerprint density at radius 2 is 2.00 bits per heavy atom. The molecule has 0 spiro atoms. The summed E-state index contributed by atoms with van der Waals surface area (Å²) in [5.41, 5.74) is -1.03. The summed E-state index contributed by atoms with van der Waals surface area (Å²) in [7, 11) is 0. The molecule has 3 N–H and O–H groups in total. The van der Waals surface area contributed by atoms with Crippen molar-refractivity contribution < 1.29 is 28.2 Å². The normalized spacial score (nSPS) is 23.0. The van der Waals surface area contributed by atoms with Gasteiger partial charge in [0.15, 0.2) is 6.10 Å². The number of amides is 1. The van der Waals surface area contributed by atoms with Gasteiger partial charge in [-0.15, -0.1) is 0 Å². The van der Waals surface area contributed by atoms with Gasteiger partial charge in [0.2, 0.25) is 5.91 Å². The fraction of sp³-hybridized carbons (Fsp3) is 0.533. The third kappa shape index (κ3) is 3.52. The van der Waals surface area contributed by atoms with Gasteiger partial charge in [-0.05, 0) is 43.9 Å². The van der Waals surface area contributed by atoms with Gasteiger partial charge in [0.25, 0.3) is 0 Å². The summed E-state index contributed by atoms with van der Waals surface area (Å²) in [6.45, 7) is 2.27. The Morgan fingerprint density at radius 1 is 1.36 bits per heavy atom. The summed E-state index contributed by atoms with van der Waals surface area (Å²) in [6.07, 6.45) is -6.93. The fourth-order valence-corrected chi connectivity index (χ4v) is 2.50. The largest absolute Gasteiger partial charge is 0.508 e. The number of carbonyl (C=O) groups is 1. The minimum atomic E-state index is -4.80. The van der Waals surface area contributed by atoms with E-state index in [9.17, 15) is 28.2 Å². The molecule has 0 heterocycles. The standard InChI is InChI=1S/C15H18F3NO3/c1-14(2,13(22)15(16,17)18)19-12(21)11-7-10(11)8-4-3-5-9(20)6-8/h3-6,10-11,13,20,22H,7H2,1-2H3,(H,19,21)/t10-,11+,13?/m0/s1. The molecule has 1 unspecified atom stereocenters. The molecule has 3 atom stereocenters. The minimum absolute atomic E-state index is 0.0800. The predicted octanol–water partition coefficient (Wildman–Crippen LogP) is 2.31. The number of aliphatic hydroxyl groups is 1. The number of nitrogens with one attached hydrogen (secondary N) is 1. The van der Waals surface area contributed by atoms with Gasteiger partial charge in [-0.3, -0.25) is 4.79 Å². The molecule has 1 aromatic rings. The van der Waals surface area contributed by atoms with Crippen LogP contribution >= 0.6 is 0 Å². The van der Waals surface area contributed by atoms with Crippen LogP contribution in [0.25, 0.3) is 0 Å². The number of phenolic OH excluding ortho intramolecular Hbond substituents is 1. The molecule has 122 valence electrons. The number of carbonyl (C=O) groups excluding carboxylic acids is 1. The maximum Gasteiger partial charge on any atom is 0.416 e. The van der Waals surface area contributed by atoms with Crippen molar-refractivity contribution in [2.45, 2.75) is 44.0 Å². The number of aliphatic hydroxyl groups excluding tert-OH is 1. The van der Waals surface area contributed by atoms with E-state index in [0.717, 1.165) is 19.4 Å². The van der Waals surface area contributed by atoms with E-state index in [0.29, 0.717) is 6.42 Å². The minimum Gasteiger partial charge on any atom is -0.508 e. The molecule has 1 fully saturated rings. The summed E-state index contributed by atoms with van der Waals surface area (Å²) < 4.78 is 37.7. The Labute approximate surface area is 126 Å². The second-order valence-electron chi connectivity index (χ2n) is 6.20. The van der Waals surface area contributed by atoms with Gasteiger partial charge in [-0.25, -0.2) is 0 Å². The van der Waals surface area contributed by atoms with E-state index in [1.54, 1.807) is 12.1 Å². The van der Waals surface area contributed by atoms with Crippen molar-refractivity contribution in [3.8, 4) is 5.75 Å². The lowest BCUT2D eigenvalue weighted by atomic mass is 9.96. The highest BCUT2D eigenvalue weighted by Crippen LogP contribution is 2.48. The molecule has 0 saturated heterocycles. The Balaban J connectivity index is 2.00. The first kappa shape index (κ1) is 16.6. The first-order valence-electron chi connectivity index (χ1n) is 6.88. The van der Waals surface area contributed by atoms with Gasteiger partial charge in [0, 0.05) is 5.92 Å². The Bertz CT molecular complexity index is 571. The summed E-state index contributed by atoms with van der Waals surface area (Å²) in [6, 6.07) is 6.44. The van der Waals surface area contributed by atoms with Crippen LogP contribution in [0.1, 0.15) is 31.7 Å². The SMILES string of the molecule is CC(C)(NC(=O)[C@@H]1C[C@H]1c1cccc(O)c1)C(O)C(F)(F)F. The molecule has 7 heteroatoms. The summed E-state index contributed by atoms with van der Waals surface area (Å²) in [5.74, 6) is -1.01. The molecule has 0 bridgehead atoms. The predicted molar refractivity (Wildman–Crippen MR) is 73.2 cm³/mol. The number of aromatic hydroxyl groups is 1. The van der Waals surface area contributed by atoms with E-state index >= 15 is 0 Å². The highest BCUT2D eigenvalue weighted by molar-refractivity contribution is 5.83. The van der Waals surface area contributed by atoms with Gasteiger partial charge in [0.1, 0.15) is 5.75 Å². The third-order valence-electron chi connectivity index (χ3n) is 3.86. The zero-order chi connectivity index (χ0) is 16.7. The zero-order valence-corrected chi connectivity index (χ0v) is 12.2. The van der Waals surface area contributed by atoms with E-state index in [1.165, 1.54) is 12.1 Å².